The zero-order chi connectivity index (χ0) is 16.9. The number of carbonyl (C=O) groups is 1. The van der Waals surface area contributed by atoms with Crippen molar-refractivity contribution in [3.8, 4) is 11.5 Å². The van der Waals surface area contributed by atoms with Gasteiger partial charge in [-0.15, -0.1) is 0 Å². The molecule has 0 N–H and O–H groups in total. The van der Waals surface area contributed by atoms with Crippen LogP contribution in [0.3, 0.4) is 0 Å². The molecular weight excluding hydrogens is 282 g/mol. The van der Waals surface area contributed by atoms with Gasteiger partial charge >= 0.3 is 5.97 Å². The molecule has 0 aliphatic carbocycles. The van der Waals surface area contributed by atoms with E-state index < -0.39 is 5.60 Å². The molecule has 0 heterocycles. The molecule has 1 aromatic rings. The summed E-state index contributed by atoms with van der Waals surface area (Å²) in [4.78, 5) is 13.8. The van der Waals surface area contributed by atoms with Gasteiger partial charge in [0.2, 0.25) is 0 Å². The summed E-state index contributed by atoms with van der Waals surface area (Å²) >= 11 is 0. The van der Waals surface area contributed by atoms with Crippen LogP contribution >= 0.6 is 0 Å². The number of ether oxygens (including phenoxy) is 3. The fourth-order valence-corrected chi connectivity index (χ4v) is 2.19. The maximum Gasteiger partial charge on any atom is 0.320 e. The Morgan fingerprint density at radius 3 is 2.05 bits per heavy atom. The average Bonchev–Trinajstić information content (AvgIpc) is 2.37. The van der Waals surface area contributed by atoms with Crippen molar-refractivity contribution < 1.29 is 19.0 Å². The summed E-state index contributed by atoms with van der Waals surface area (Å²) in [5.74, 6) is 1.26. The fourth-order valence-electron chi connectivity index (χ4n) is 2.19. The van der Waals surface area contributed by atoms with Gasteiger partial charge < -0.3 is 14.2 Å². The molecule has 0 spiro atoms. The van der Waals surface area contributed by atoms with E-state index in [1.807, 2.05) is 51.8 Å². The number of hydrogen-bond donors (Lipinski definition) is 0. The van der Waals surface area contributed by atoms with Gasteiger partial charge in [-0.2, -0.15) is 0 Å². The van der Waals surface area contributed by atoms with Crippen LogP contribution in [0.2, 0.25) is 0 Å². The Hall–Kier alpha value is -1.75. The van der Waals surface area contributed by atoms with Crippen LogP contribution in [-0.4, -0.2) is 44.3 Å². The normalized spacial score (nSPS) is 11.5. The number of carbonyl (C=O) groups excluding carboxylic acids is 1. The lowest BCUT2D eigenvalue weighted by Crippen LogP contribution is -2.32. The standard InChI is InChI=1S/C17H27NO4/c1-12-8-14(20-6)13(15(9-12)21-7)10-18(5)11-16(19)22-17(2,3)4/h8-9H,10-11H2,1-7H3. The van der Waals surface area contributed by atoms with Gasteiger partial charge in [-0.25, -0.2) is 0 Å². The van der Waals surface area contributed by atoms with Crippen molar-refractivity contribution in [2.24, 2.45) is 0 Å². The highest BCUT2D eigenvalue weighted by atomic mass is 16.6. The van der Waals surface area contributed by atoms with Crippen molar-refractivity contribution in [2.45, 2.75) is 39.8 Å². The summed E-state index contributed by atoms with van der Waals surface area (Å²) in [6.45, 7) is 8.30. The molecule has 0 aliphatic heterocycles. The predicted molar refractivity (Wildman–Crippen MR) is 86.5 cm³/mol. The molecule has 0 unspecified atom stereocenters. The van der Waals surface area contributed by atoms with Crippen molar-refractivity contribution in [2.75, 3.05) is 27.8 Å². The Labute approximate surface area is 133 Å². The van der Waals surface area contributed by atoms with Crippen LogP contribution in [0, 0.1) is 6.92 Å². The molecule has 0 bridgehead atoms. The van der Waals surface area contributed by atoms with Gasteiger partial charge in [-0.3, -0.25) is 9.69 Å². The van der Waals surface area contributed by atoms with Crippen molar-refractivity contribution in [3.05, 3.63) is 23.3 Å². The molecule has 0 saturated carbocycles. The van der Waals surface area contributed by atoms with Crippen LogP contribution in [0.4, 0.5) is 0 Å². The first-order valence-electron chi connectivity index (χ1n) is 7.28. The molecule has 22 heavy (non-hydrogen) atoms. The predicted octanol–water partition coefficient (Wildman–Crippen LogP) is 2.79. The van der Waals surface area contributed by atoms with E-state index in [2.05, 4.69) is 0 Å². The lowest BCUT2D eigenvalue weighted by atomic mass is 10.1. The number of nitrogens with zero attached hydrogens (tertiary/aromatic N) is 1. The third kappa shape index (κ3) is 5.56. The van der Waals surface area contributed by atoms with E-state index in [1.165, 1.54) is 0 Å². The molecule has 0 aromatic heterocycles. The molecule has 1 aromatic carbocycles. The number of methoxy groups -OCH3 is 2. The van der Waals surface area contributed by atoms with Gasteiger partial charge in [0, 0.05) is 6.54 Å². The molecule has 0 fully saturated rings. The summed E-state index contributed by atoms with van der Waals surface area (Å²) in [5.41, 5.74) is 1.51. The fraction of sp³-hybridized carbons (Fsp3) is 0.588. The number of likely N-dealkylation sites (N-methyl/N-ethyl adjacent to an activating group) is 1. The molecule has 5 heteroatoms. The first kappa shape index (κ1) is 18.3. The Morgan fingerprint density at radius 1 is 1.14 bits per heavy atom. The van der Waals surface area contributed by atoms with Crippen molar-refractivity contribution in [1.82, 2.24) is 4.90 Å². The first-order valence-corrected chi connectivity index (χ1v) is 7.28. The Kier molecular flexibility index (Phi) is 6.23. The van der Waals surface area contributed by atoms with Crippen molar-refractivity contribution in [3.63, 3.8) is 0 Å². The maximum absolute atomic E-state index is 11.9. The summed E-state index contributed by atoms with van der Waals surface area (Å²) in [6.07, 6.45) is 0. The number of aryl methyl sites for hydroxylation is 1. The summed E-state index contributed by atoms with van der Waals surface area (Å²) in [5, 5.41) is 0. The minimum atomic E-state index is -0.475. The highest BCUT2D eigenvalue weighted by Gasteiger charge is 2.19. The molecule has 0 atom stereocenters. The number of rotatable bonds is 6. The van der Waals surface area contributed by atoms with E-state index in [0.29, 0.717) is 6.54 Å². The van der Waals surface area contributed by atoms with Gasteiger partial charge in [0.25, 0.3) is 0 Å². The van der Waals surface area contributed by atoms with Gasteiger partial charge in [0.15, 0.2) is 0 Å². The lowest BCUT2D eigenvalue weighted by Gasteiger charge is -2.23. The van der Waals surface area contributed by atoms with Gasteiger partial charge in [-0.1, -0.05) is 0 Å². The largest absolute Gasteiger partial charge is 0.496 e. The van der Waals surface area contributed by atoms with Crippen LogP contribution in [-0.2, 0) is 16.1 Å². The second-order valence-corrected chi connectivity index (χ2v) is 6.41. The first-order chi connectivity index (χ1) is 10.2. The third-order valence-corrected chi connectivity index (χ3v) is 3.00. The van der Waals surface area contributed by atoms with E-state index in [9.17, 15) is 4.79 Å². The lowest BCUT2D eigenvalue weighted by molar-refractivity contribution is -0.155. The van der Waals surface area contributed by atoms with Crippen LogP contribution in [0.1, 0.15) is 31.9 Å². The summed E-state index contributed by atoms with van der Waals surface area (Å²) < 4.78 is 16.2. The zero-order valence-electron chi connectivity index (χ0n) is 14.6. The van der Waals surface area contributed by atoms with Crippen LogP contribution in [0.25, 0.3) is 0 Å². The van der Waals surface area contributed by atoms with E-state index >= 15 is 0 Å². The summed E-state index contributed by atoms with van der Waals surface area (Å²) in [6, 6.07) is 3.92. The Bertz CT molecular complexity index is 495. The van der Waals surface area contributed by atoms with Crippen molar-refractivity contribution in [1.29, 1.82) is 0 Å². The minimum absolute atomic E-state index is 0.206. The van der Waals surface area contributed by atoms with E-state index in [-0.39, 0.29) is 12.5 Å². The number of hydrogen-bond acceptors (Lipinski definition) is 5. The number of esters is 1. The second-order valence-electron chi connectivity index (χ2n) is 6.41. The SMILES string of the molecule is COc1cc(C)cc(OC)c1CN(C)CC(=O)OC(C)(C)C. The Morgan fingerprint density at radius 2 is 1.64 bits per heavy atom. The molecule has 0 amide bonds. The molecule has 0 aliphatic rings. The molecule has 124 valence electrons. The molecule has 0 radical (unpaired) electrons. The van der Waals surface area contributed by atoms with Crippen LogP contribution < -0.4 is 9.47 Å². The van der Waals surface area contributed by atoms with Crippen LogP contribution in [0.5, 0.6) is 11.5 Å². The smallest absolute Gasteiger partial charge is 0.320 e. The maximum atomic E-state index is 11.9. The molecular formula is C17H27NO4. The monoisotopic (exact) mass is 309 g/mol. The second kappa shape index (κ2) is 7.49. The highest BCUT2D eigenvalue weighted by Crippen LogP contribution is 2.31. The topological polar surface area (TPSA) is 48.0 Å². The minimum Gasteiger partial charge on any atom is -0.496 e. The molecule has 1 rings (SSSR count). The quantitative estimate of drug-likeness (QED) is 0.756. The van der Waals surface area contributed by atoms with Gasteiger partial charge in [0.05, 0.1) is 26.3 Å². The summed E-state index contributed by atoms with van der Waals surface area (Å²) in [7, 11) is 5.12. The number of benzene rings is 1. The molecule has 5 nitrogen and oxygen atoms in total. The highest BCUT2D eigenvalue weighted by molar-refractivity contribution is 5.72. The van der Waals surface area contributed by atoms with Gasteiger partial charge in [-0.05, 0) is 52.4 Å². The zero-order valence-corrected chi connectivity index (χ0v) is 14.6. The molecule has 0 saturated heterocycles. The van der Waals surface area contributed by atoms with Crippen molar-refractivity contribution >= 4 is 5.97 Å². The van der Waals surface area contributed by atoms with E-state index in [4.69, 9.17) is 14.2 Å². The Balaban J connectivity index is 2.83. The average molecular weight is 309 g/mol. The third-order valence-electron chi connectivity index (χ3n) is 3.00. The van der Waals surface area contributed by atoms with E-state index in [1.54, 1.807) is 14.2 Å². The van der Waals surface area contributed by atoms with Gasteiger partial charge in [0.1, 0.15) is 17.1 Å². The van der Waals surface area contributed by atoms with Crippen LogP contribution in [0.15, 0.2) is 12.1 Å². The van der Waals surface area contributed by atoms with E-state index in [0.717, 1.165) is 22.6 Å².